The van der Waals surface area contributed by atoms with Crippen LogP contribution in [0.4, 0.5) is 0 Å². The number of hydrogen-bond donors (Lipinski definition) is 0. The lowest BCUT2D eigenvalue weighted by molar-refractivity contribution is -0.191. The maximum Gasteiger partial charge on any atom is 0.324 e. The Morgan fingerprint density at radius 1 is 0.476 bits per heavy atom. The lowest BCUT2D eigenvalue weighted by Crippen LogP contribution is -2.26. The Morgan fingerprint density at radius 2 is 0.810 bits per heavy atom. The Labute approximate surface area is 260 Å². The average Bonchev–Trinajstić information content (AvgIpc) is 2.97. The van der Waals surface area contributed by atoms with Crippen LogP contribution in [0.25, 0.3) is 0 Å². The molecule has 0 aromatic carbocycles. The predicted octanol–water partition coefficient (Wildman–Crippen LogP) is 9.43. The van der Waals surface area contributed by atoms with Gasteiger partial charge in [0.2, 0.25) is 0 Å². The number of unbranched alkanes of at least 4 members (excludes halogenated alkanes) is 17. The van der Waals surface area contributed by atoms with Crippen LogP contribution in [0.5, 0.6) is 0 Å². The van der Waals surface area contributed by atoms with Crippen LogP contribution >= 0.6 is 11.9 Å². The summed E-state index contributed by atoms with van der Waals surface area (Å²) in [5.74, 6) is -1.83. The van der Waals surface area contributed by atoms with Crippen molar-refractivity contribution in [3.8, 4) is 0 Å². The van der Waals surface area contributed by atoms with Crippen molar-refractivity contribution in [1.82, 2.24) is 0 Å². The number of halogens is 1. The van der Waals surface area contributed by atoms with E-state index in [9.17, 15) is 19.2 Å². The van der Waals surface area contributed by atoms with Gasteiger partial charge >= 0.3 is 23.9 Å². The minimum atomic E-state index is -1.11. The first-order chi connectivity index (χ1) is 20.4. The fraction of sp³-hybridized carbons (Fsp3) is 0.879. The molecule has 0 saturated heterocycles. The van der Waals surface area contributed by atoms with Gasteiger partial charge in [0.1, 0.15) is 11.9 Å². The van der Waals surface area contributed by atoms with Crippen LogP contribution in [0, 0.1) is 0 Å². The Kier molecular flexibility index (Phi) is 29.3. The maximum atomic E-state index is 12.4. The lowest BCUT2D eigenvalue weighted by atomic mass is 10.1. The molecule has 0 radical (unpaired) electrons. The van der Waals surface area contributed by atoms with Gasteiger partial charge in [-0.1, -0.05) is 117 Å². The molecule has 42 heavy (non-hydrogen) atoms. The average molecular weight is 619 g/mol. The molecule has 0 aliphatic carbocycles. The molecular formula is C33H59ClO8. The molecule has 0 amide bonds. The van der Waals surface area contributed by atoms with Crippen molar-refractivity contribution in [2.75, 3.05) is 6.61 Å². The zero-order chi connectivity index (χ0) is 31.1. The predicted molar refractivity (Wildman–Crippen MR) is 166 cm³/mol. The second-order valence-electron chi connectivity index (χ2n) is 11.2. The third kappa shape index (κ3) is 28.3. The van der Waals surface area contributed by atoms with Gasteiger partial charge in [-0.2, -0.15) is 0 Å². The van der Waals surface area contributed by atoms with Crippen molar-refractivity contribution >= 4 is 35.7 Å². The van der Waals surface area contributed by atoms with E-state index in [0.717, 1.165) is 38.5 Å². The summed E-state index contributed by atoms with van der Waals surface area (Å²) in [4.78, 5) is 48.0. The molecule has 8 nitrogen and oxygen atoms in total. The highest BCUT2D eigenvalue weighted by Crippen LogP contribution is 2.14. The molecule has 0 N–H and O–H groups in total. The van der Waals surface area contributed by atoms with Crippen molar-refractivity contribution in [3.63, 3.8) is 0 Å². The quantitative estimate of drug-likeness (QED) is 0.0445. The van der Waals surface area contributed by atoms with Gasteiger partial charge in [0.15, 0.2) is 0 Å². The van der Waals surface area contributed by atoms with Crippen molar-refractivity contribution in [1.29, 1.82) is 0 Å². The lowest BCUT2D eigenvalue weighted by Gasteiger charge is -2.18. The van der Waals surface area contributed by atoms with Crippen molar-refractivity contribution in [2.45, 2.75) is 181 Å². The molecule has 0 saturated carbocycles. The van der Waals surface area contributed by atoms with Crippen LogP contribution in [0.3, 0.4) is 0 Å². The number of carbonyl (C=O) groups is 4. The van der Waals surface area contributed by atoms with E-state index in [4.69, 9.17) is 26.1 Å². The minimum Gasteiger partial charge on any atom is -0.465 e. The second-order valence-corrected chi connectivity index (χ2v) is 11.4. The van der Waals surface area contributed by atoms with Crippen LogP contribution in [-0.4, -0.2) is 36.8 Å². The van der Waals surface area contributed by atoms with Crippen molar-refractivity contribution in [2.24, 2.45) is 0 Å². The van der Waals surface area contributed by atoms with E-state index in [1.54, 1.807) is 0 Å². The van der Waals surface area contributed by atoms with E-state index in [2.05, 4.69) is 18.1 Å². The van der Waals surface area contributed by atoms with E-state index in [1.807, 2.05) is 0 Å². The number of rotatable bonds is 30. The molecule has 1 atom stereocenters. The van der Waals surface area contributed by atoms with E-state index in [0.29, 0.717) is 19.3 Å². The van der Waals surface area contributed by atoms with Crippen LogP contribution in [0.2, 0.25) is 0 Å². The summed E-state index contributed by atoms with van der Waals surface area (Å²) in [5, 5.41) is 0. The highest BCUT2D eigenvalue weighted by atomic mass is 35.5. The van der Waals surface area contributed by atoms with Gasteiger partial charge in [-0.05, 0) is 25.7 Å². The Hall–Kier alpha value is -1.83. The summed E-state index contributed by atoms with van der Waals surface area (Å²) in [6.07, 6.45) is 21.3. The summed E-state index contributed by atoms with van der Waals surface area (Å²) in [6.45, 7) is 4.42. The summed E-state index contributed by atoms with van der Waals surface area (Å²) in [7, 11) is 0. The van der Waals surface area contributed by atoms with Gasteiger partial charge in [-0.3, -0.25) is 19.2 Å². The zero-order valence-electron chi connectivity index (χ0n) is 26.6. The number of ether oxygens (including phenoxy) is 3. The first kappa shape index (κ1) is 40.2. The largest absolute Gasteiger partial charge is 0.465 e. The summed E-state index contributed by atoms with van der Waals surface area (Å²) in [6, 6.07) is 0. The van der Waals surface area contributed by atoms with Gasteiger partial charge < -0.3 is 18.5 Å². The molecular weight excluding hydrogens is 560 g/mol. The van der Waals surface area contributed by atoms with Crippen LogP contribution in [0.1, 0.15) is 174 Å². The zero-order valence-corrected chi connectivity index (χ0v) is 27.4. The fourth-order valence-electron chi connectivity index (χ4n) is 4.63. The minimum absolute atomic E-state index is 0.00107. The second kappa shape index (κ2) is 30.6. The molecule has 0 fully saturated rings. The SMILES string of the molecule is CCCCCCCCCCCC(=O)OCCC(OC(=O)CCCCCCCCCCC)OC(=O)CCCCC(=O)OCl. The van der Waals surface area contributed by atoms with E-state index < -0.39 is 24.2 Å². The van der Waals surface area contributed by atoms with Gasteiger partial charge in [0.25, 0.3) is 6.29 Å². The maximum absolute atomic E-state index is 12.4. The van der Waals surface area contributed by atoms with E-state index in [1.165, 1.54) is 77.0 Å². The number of hydrogen-bond acceptors (Lipinski definition) is 8. The monoisotopic (exact) mass is 618 g/mol. The third-order valence-corrected chi connectivity index (χ3v) is 7.38. The highest BCUT2D eigenvalue weighted by Gasteiger charge is 2.20. The standard InChI is InChI=1S/C33H59ClO8/c1-3-5-7-9-11-13-15-17-19-23-29(35)39-28-27-33(41-31(37)25-21-22-26-32(38)42-34)40-30(36)24-20-18-16-14-12-10-8-6-4-2/h33H,3-28H2,1-2H3. The summed E-state index contributed by atoms with van der Waals surface area (Å²) in [5.41, 5.74) is 0. The van der Waals surface area contributed by atoms with Crippen LogP contribution < -0.4 is 0 Å². The first-order valence-electron chi connectivity index (χ1n) is 16.8. The smallest absolute Gasteiger partial charge is 0.324 e. The topological polar surface area (TPSA) is 105 Å². The molecule has 0 aliphatic heterocycles. The Balaban J connectivity index is 4.34. The summed E-state index contributed by atoms with van der Waals surface area (Å²) < 4.78 is 20.2. The molecule has 9 heteroatoms. The molecule has 1 unspecified atom stereocenters. The third-order valence-electron chi connectivity index (χ3n) is 7.21. The van der Waals surface area contributed by atoms with Gasteiger partial charge in [0, 0.05) is 25.7 Å². The molecule has 0 spiro atoms. The molecule has 246 valence electrons. The van der Waals surface area contributed by atoms with Gasteiger partial charge in [0.05, 0.1) is 13.0 Å². The Bertz CT molecular complexity index is 685. The molecule has 0 aromatic heterocycles. The molecule has 0 aromatic rings. The molecule has 0 rings (SSSR count). The van der Waals surface area contributed by atoms with Crippen LogP contribution in [0.15, 0.2) is 0 Å². The molecule has 0 heterocycles. The van der Waals surface area contributed by atoms with Gasteiger partial charge in [-0.25, -0.2) is 0 Å². The fourth-order valence-corrected chi connectivity index (χ4v) is 4.71. The van der Waals surface area contributed by atoms with Gasteiger partial charge in [-0.15, -0.1) is 0 Å². The van der Waals surface area contributed by atoms with Crippen molar-refractivity contribution in [3.05, 3.63) is 0 Å². The highest BCUT2D eigenvalue weighted by molar-refractivity contribution is 6.13. The summed E-state index contributed by atoms with van der Waals surface area (Å²) >= 11 is 5.01. The first-order valence-corrected chi connectivity index (χ1v) is 17.1. The van der Waals surface area contributed by atoms with Crippen LogP contribution in [-0.2, 0) is 37.7 Å². The van der Waals surface area contributed by atoms with Crippen molar-refractivity contribution < 1.29 is 37.7 Å². The normalized spacial score (nSPS) is 11.6. The Morgan fingerprint density at radius 3 is 1.21 bits per heavy atom. The molecule has 0 aliphatic rings. The number of esters is 3. The molecule has 0 bridgehead atoms. The number of carbonyl (C=O) groups excluding carboxylic acids is 4. The van der Waals surface area contributed by atoms with E-state index >= 15 is 0 Å². The van der Waals surface area contributed by atoms with E-state index in [-0.39, 0.29) is 38.3 Å².